The largest absolute Gasteiger partial charge is 0.435 e. The van der Waals surface area contributed by atoms with Gasteiger partial charge in [0.05, 0.1) is 10.7 Å². The van der Waals surface area contributed by atoms with E-state index in [4.69, 9.17) is 16.3 Å². The van der Waals surface area contributed by atoms with Crippen molar-refractivity contribution in [1.29, 1.82) is 5.26 Å². The molecule has 1 heterocycles. The average molecular weight is 302 g/mol. The van der Waals surface area contributed by atoms with Gasteiger partial charge in [0.25, 0.3) is 5.88 Å². The summed E-state index contributed by atoms with van der Waals surface area (Å²) in [5.41, 5.74) is 2.17. The number of rotatable bonds is 3. The Bertz CT molecular complexity index is 766. The SMILES string of the molecule is CC(=O)c1ccc(Oc2nnc(C)c(C)c2C#N)c(Cl)c1. The van der Waals surface area contributed by atoms with Crippen molar-refractivity contribution in [3.63, 3.8) is 0 Å². The quantitative estimate of drug-likeness (QED) is 0.809. The topological polar surface area (TPSA) is 75.9 Å². The van der Waals surface area contributed by atoms with Gasteiger partial charge in [0.15, 0.2) is 5.78 Å². The normalized spacial score (nSPS) is 10.0. The molecule has 6 heteroatoms. The van der Waals surface area contributed by atoms with E-state index >= 15 is 0 Å². The van der Waals surface area contributed by atoms with Gasteiger partial charge in [-0.25, -0.2) is 0 Å². The monoisotopic (exact) mass is 301 g/mol. The van der Waals surface area contributed by atoms with E-state index in [9.17, 15) is 10.1 Å². The number of halogens is 1. The zero-order valence-corrected chi connectivity index (χ0v) is 12.5. The lowest BCUT2D eigenvalue weighted by Crippen LogP contribution is -2.01. The summed E-state index contributed by atoms with van der Waals surface area (Å²) in [6.45, 7) is 4.99. The summed E-state index contributed by atoms with van der Waals surface area (Å²) >= 11 is 6.08. The van der Waals surface area contributed by atoms with Crippen LogP contribution in [0.25, 0.3) is 0 Å². The smallest absolute Gasteiger partial charge is 0.257 e. The van der Waals surface area contributed by atoms with Gasteiger partial charge in [0.2, 0.25) is 0 Å². The highest BCUT2D eigenvalue weighted by Gasteiger charge is 2.15. The lowest BCUT2D eigenvalue weighted by molar-refractivity contribution is 0.101. The highest BCUT2D eigenvalue weighted by Crippen LogP contribution is 2.31. The number of nitrogens with zero attached hydrogens (tertiary/aromatic N) is 3. The fraction of sp³-hybridized carbons (Fsp3) is 0.200. The van der Waals surface area contributed by atoms with Crippen LogP contribution in [0.1, 0.15) is 34.1 Å². The van der Waals surface area contributed by atoms with E-state index in [1.807, 2.05) is 6.07 Å². The number of hydrogen-bond donors (Lipinski definition) is 0. The molecule has 2 aromatic rings. The minimum atomic E-state index is -0.0906. The van der Waals surface area contributed by atoms with Gasteiger partial charge in [-0.15, -0.1) is 5.10 Å². The molecule has 1 aromatic carbocycles. The summed E-state index contributed by atoms with van der Waals surface area (Å²) in [6, 6.07) is 6.73. The molecule has 1 aromatic heterocycles. The van der Waals surface area contributed by atoms with E-state index in [0.29, 0.717) is 28.1 Å². The molecule has 0 N–H and O–H groups in total. The van der Waals surface area contributed by atoms with Gasteiger partial charge in [-0.3, -0.25) is 4.79 Å². The first-order valence-corrected chi connectivity index (χ1v) is 6.54. The number of carbonyl (C=O) groups is 1. The molecular weight excluding hydrogens is 290 g/mol. The number of nitriles is 1. The summed E-state index contributed by atoms with van der Waals surface area (Å²) in [5, 5.41) is 17.3. The number of ketones is 1. The van der Waals surface area contributed by atoms with Gasteiger partial charge in [0, 0.05) is 5.56 Å². The Hall–Kier alpha value is -2.45. The number of hydrogen-bond acceptors (Lipinski definition) is 5. The van der Waals surface area contributed by atoms with E-state index in [1.165, 1.54) is 13.0 Å². The molecule has 0 atom stereocenters. The summed E-state index contributed by atoms with van der Waals surface area (Å²) < 4.78 is 5.56. The summed E-state index contributed by atoms with van der Waals surface area (Å²) in [7, 11) is 0. The molecule has 0 aliphatic rings. The maximum absolute atomic E-state index is 11.3. The van der Waals surface area contributed by atoms with Crippen molar-refractivity contribution >= 4 is 17.4 Å². The average Bonchev–Trinajstić information content (AvgIpc) is 2.45. The molecule has 0 spiro atoms. The van der Waals surface area contributed by atoms with Crippen molar-refractivity contribution in [2.24, 2.45) is 0 Å². The van der Waals surface area contributed by atoms with Crippen molar-refractivity contribution in [3.8, 4) is 17.7 Å². The third kappa shape index (κ3) is 3.01. The minimum absolute atomic E-state index is 0.0906. The van der Waals surface area contributed by atoms with E-state index in [1.54, 1.807) is 26.0 Å². The molecule has 5 nitrogen and oxygen atoms in total. The number of carbonyl (C=O) groups excluding carboxylic acids is 1. The molecule has 106 valence electrons. The highest BCUT2D eigenvalue weighted by atomic mass is 35.5. The molecule has 0 amide bonds. The Balaban J connectivity index is 2.42. The van der Waals surface area contributed by atoms with Crippen LogP contribution < -0.4 is 4.74 Å². The van der Waals surface area contributed by atoms with Crippen LogP contribution in [-0.2, 0) is 0 Å². The Labute approximate surface area is 127 Å². The second-order valence-corrected chi connectivity index (χ2v) is 4.91. The van der Waals surface area contributed by atoms with Gasteiger partial charge >= 0.3 is 0 Å². The van der Waals surface area contributed by atoms with Crippen LogP contribution in [0.15, 0.2) is 18.2 Å². The van der Waals surface area contributed by atoms with E-state index in [-0.39, 0.29) is 16.7 Å². The van der Waals surface area contributed by atoms with Crippen LogP contribution in [0, 0.1) is 25.2 Å². The Morgan fingerprint density at radius 1 is 1.33 bits per heavy atom. The van der Waals surface area contributed by atoms with E-state index in [0.717, 1.165) is 0 Å². The second kappa shape index (κ2) is 5.90. The number of ether oxygens (including phenoxy) is 1. The minimum Gasteiger partial charge on any atom is -0.435 e. The molecule has 0 bridgehead atoms. The molecule has 0 radical (unpaired) electrons. The van der Waals surface area contributed by atoms with Gasteiger partial charge in [0.1, 0.15) is 17.4 Å². The zero-order valence-electron chi connectivity index (χ0n) is 11.8. The van der Waals surface area contributed by atoms with Gasteiger partial charge in [-0.2, -0.15) is 10.4 Å². The predicted octanol–water partition coefficient (Wildman–Crippen LogP) is 3.61. The number of aryl methyl sites for hydroxylation is 1. The summed E-state index contributed by atoms with van der Waals surface area (Å²) in [4.78, 5) is 11.3. The van der Waals surface area contributed by atoms with Crippen molar-refractivity contribution < 1.29 is 9.53 Å². The first kappa shape index (κ1) is 14.9. The van der Waals surface area contributed by atoms with E-state index < -0.39 is 0 Å². The van der Waals surface area contributed by atoms with Crippen LogP contribution in [0.4, 0.5) is 0 Å². The molecular formula is C15H12ClN3O2. The number of aromatic nitrogens is 2. The van der Waals surface area contributed by atoms with Crippen molar-refractivity contribution in [1.82, 2.24) is 10.2 Å². The van der Waals surface area contributed by atoms with Crippen LogP contribution in [0.5, 0.6) is 11.6 Å². The van der Waals surface area contributed by atoms with Crippen molar-refractivity contribution in [2.45, 2.75) is 20.8 Å². The van der Waals surface area contributed by atoms with E-state index in [2.05, 4.69) is 10.2 Å². The van der Waals surface area contributed by atoms with Gasteiger partial charge in [-0.05, 0) is 44.5 Å². The Morgan fingerprint density at radius 2 is 2.05 bits per heavy atom. The van der Waals surface area contributed by atoms with Gasteiger partial charge < -0.3 is 4.74 Å². The number of Topliss-reactive ketones (excluding diaryl/α,β-unsaturated/α-hetero) is 1. The zero-order chi connectivity index (χ0) is 15.6. The molecule has 0 unspecified atom stereocenters. The van der Waals surface area contributed by atoms with Crippen LogP contribution in [0.2, 0.25) is 5.02 Å². The second-order valence-electron chi connectivity index (χ2n) is 4.51. The Kier molecular flexibility index (Phi) is 4.20. The molecule has 21 heavy (non-hydrogen) atoms. The first-order valence-electron chi connectivity index (χ1n) is 6.16. The first-order chi connectivity index (χ1) is 9.93. The van der Waals surface area contributed by atoms with Crippen LogP contribution in [-0.4, -0.2) is 16.0 Å². The molecule has 0 fully saturated rings. The third-order valence-corrected chi connectivity index (χ3v) is 3.37. The lowest BCUT2D eigenvalue weighted by Gasteiger charge is -2.10. The maximum atomic E-state index is 11.3. The Morgan fingerprint density at radius 3 is 2.62 bits per heavy atom. The predicted molar refractivity (Wildman–Crippen MR) is 77.8 cm³/mol. The molecule has 0 saturated carbocycles. The van der Waals surface area contributed by atoms with Crippen molar-refractivity contribution in [2.75, 3.05) is 0 Å². The standard InChI is InChI=1S/C15H12ClN3O2/c1-8-9(2)18-19-15(12(8)7-17)21-14-5-4-11(10(3)20)6-13(14)16/h4-6H,1-3H3. The van der Waals surface area contributed by atoms with Gasteiger partial charge in [-0.1, -0.05) is 11.6 Å². The number of benzene rings is 1. The highest BCUT2D eigenvalue weighted by molar-refractivity contribution is 6.32. The molecule has 0 aliphatic heterocycles. The molecule has 0 aliphatic carbocycles. The van der Waals surface area contributed by atoms with Crippen molar-refractivity contribution in [3.05, 3.63) is 45.6 Å². The lowest BCUT2D eigenvalue weighted by atomic mass is 10.1. The van der Waals surface area contributed by atoms with Crippen LogP contribution >= 0.6 is 11.6 Å². The molecule has 2 rings (SSSR count). The fourth-order valence-corrected chi connectivity index (χ4v) is 1.92. The molecule has 0 saturated heterocycles. The van der Waals surface area contributed by atoms with Crippen LogP contribution in [0.3, 0.4) is 0 Å². The summed E-state index contributed by atoms with van der Waals surface area (Å²) in [6.07, 6.45) is 0. The third-order valence-electron chi connectivity index (χ3n) is 3.08. The summed E-state index contributed by atoms with van der Waals surface area (Å²) in [5.74, 6) is 0.320. The maximum Gasteiger partial charge on any atom is 0.257 e. The fourth-order valence-electron chi connectivity index (χ4n) is 1.70.